The summed E-state index contributed by atoms with van der Waals surface area (Å²) in [6, 6.07) is 9.27. The molecule has 0 atom stereocenters. The second-order valence-electron chi connectivity index (χ2n) is 4.51. The summed E-state index contributed by atoms with van der Waals surface area (Å²) in [5.41, 5.74) is 0.386. The summed E-state index contributed by atoms with van der Waals surface area (Å²) in [6.07, 6.45) is -4.26. The molecule has 6 heteroatoms. The molecule has 1 heterocycles. The van der Waals surface area contributed by atoms with Crippen molar-refractivity contribution in [3.63, 3.8) is 0 Å². The van der Waals surface area contributed by atoms with E-state index in [9.17, 15) is 18.0 Å². The summed E-state index contributed by atoms with van der Waals surface area (Å²) < 4.78 is 39.0. The predicted molar refractivity (Wildman–Crippen MR) is 69.6 cm³/mol. The van der Waals surface area contributed by atoms with Crippen LogP contribution < -0.4 is 0 Å². The second-order valence-corrected chi connectivity index (χ2v) is 4.51. The fraction of sp³-hybridized carbons (Fsp3) is 0.200. The number of nitriles is 1. The number of hydrogen-bond acceptors (Lipinski definition) is 2. The van der Waals surface area contributed by atoms with E-state index in [1.807, 2.05) is 6.07 Å². The standard InChI is InChI=1S/C15H11F3N2O/c1-20-12(8-9-19)6-7-13(20)14(21)10-2-4-11(5-3-10)15(16,17)18/h2-7H,8H2,1H3. The number of nitrogens with zero attached hydrogens (tertiary/aromatic N) is 2. The van der Waals surface area contributed by atoms with Gasteiger partial charge in [-0.05, 0) is 24.3 Å². The maximum absolute atomic E-state index is 12.5. The molecule has 108 valence electrons. The van der Waals surface area contributed by atoms with E-state index in [0.717, 1.165) is 24.3 Å². The summed E-state index contributed by atoms with van der Waals surface area (Å²) in [4.78, 5) is 12.3. The monoisotopic (exact) mass is 292 g/mol. The minimum atomic E-state index is -4.42. The van der Waals surface area contributed by atoms with Gasteiger partial charge in [-0.2, -0.15) is 18.4 Å². The minimum Gasteiger partial charge on any atom is -0.344 e. The third kappa shape index (κ3) is 2.97. The summed E-state index contributed by atoms with van der Waals surface area (Å²) in [6.45, 7) is 0. The van der Waals surface area contributed by atoms with E-state index >= 15 is 0 Å². The maximum Gasteiger partial charge on any atom is 0.416 e. The van der Waals surface area contributed by atoms with Crippen molar-refractivity contribution in [1.82, 2.24) is 4.57 Å². The van der Waals surface area contributed by atoms with Gasteiger partial charge in [0.15, 0.2) is 0 Å². The second kappa shape index (κ2) is 5.44. The summed E-state index contributed by atoms with van der Waals surface area (Å²) in [5, 5.41) is 8.66. The zero-order valence-corrected chi connectivity index (χ0v) is 11.1. The fourth-order valence-electron chi connectivity index (χ4n) is 2.00. The van der Waals surface area contributed by atoms with Gasteiger partial charge in [-0.1, -0.05) is 12.1 Å². The van der Waals surface area contributed by atoms with Crippen LogP contribution in [-0.2, 0) is 19.6 Å². The number of ketones is 1. The molecule has 0 bridgehead atoms. The average Bonchev–Trinajstić information content (AvgIpc) is 2.79. The van der Waals surface area contributed by atoms with Gasteiger partial charge in [-0.25, -0.2) is 0 Å². The van der Waals surface area contributed by atoms with Gasteiger partial charge in [0, 0.05) is 18.3 Å². The molecule has 2 rings (SSSR count). The van der Waals surface area contributed by atoms with Crippen molar-refractivity contribution in [3.05, 3.63) is 58.9 Å². The Morgan fingerprint density at radius 3 is 2.33 bits per heavy atom. The summed E-state index contributed by atoms with van der Waals surface area (Å²) in [7, 11) is 1.64. The van der Waals surface area contributed by atoms with Gasteiger partial charge in [0.25, 0.3) is 0 Å². The van der Waals surface area contributed by atoms with Crippen molar-refractivity contribution in [2.45, 2.75) is 12.6 Å². The van der Waals surface area contributed by atoms with Crippen LogP contribution in [-0.4, -0.2) is 10.4 Å². The zero-order chi connectivity index (χ0) is 15.6. The molecule has 0 radical (unpaired) electrons. The number of aromatic nitrogens is 1. The maximum atomic E-state index is 12.5. The summed E-state index contributed by atoms with van der Waals surface area (Å²) in [5.74, 6) is -0.379. The number of benzene rings is 1. The topological polar surface area (TPSA) is 45.8 Å². The highest BCUT2D eigenvalue weighted by Gasteiger charge is 2.30. The lowest BCUT2D eigenvalue weighted by atomic mass is 10.1. The van der Waals surface area contributed by atoms with Crippen molar-refractivity contribution in [1.29, 1.82) is 5.26 Å². The lowest BCUT2D eigenvalue weighted by Gasteiger charge is -2.08. The van der Waals surface area contributed by atoms with Crippen LogP contribution in [0.2, 0.25) is 0 Å². The minimum absolute atomic E-state index is 0.163. The van der Waals surface area contributed by atoms with Crippen LogP contribution in [0.4, 0.5) is 13.2 Å². The Hall–Kier alpha value is -2.55. The van der Waals surface area contributed by atoms with Gasteiger partial charge in [-0.15, -0.1) is 0 Å². The van der Waals surface area contributed by atoms with Crippen LogP contribution in [0.15, 0.2) is 36.4 Å². The molecule has 0 spiro atoms. The van der Waals surface area contributed by atoms with Gasteiger partial charge in [0.05, 0.1) is 23.7 Å². The van der Waals surface area contributed by atoms with Crippen LogP contribution in [0.1, 0.15) is 27.3 Å². The van der Waals surface area contributed by atoms with Crippen molar-refractivity contribution < 1.29 is 18.0 Å². The molecule has 2 aromatic rings. The molecule has 0 aliphatic carbocycles. The molecule has 0 unspecified atom stereocenters. The lowest BCUT2D eigenvalue weighted by molar-refractivity contribution is -0.137. The number of hydrogen-bond donors (Lipinski definition) is 0. The number of rotatable bonds is 3. The molecule has 21 heavy (non-hydrogen) atoms. The fourth-order valence-corrected chi connectivity index (χ4v) is 2.00. The van der Waals surface area contributed by atoms with Crippen LogP contribution in [0.25, 0.3) is 0 Å². The van der Waals surface area contributed by atoms with Crippen molar-refractivity contribution in [2.24, 2.45) is 7.05 Å². The van der Waals surface area contributed by atoms with E-state index < -0.39 is 11.7 Å². The Morgan fingerprint density at radius 1 is 1.19 bits per heavy atom. The molecule has 0 N–H and O–H groups in total. The van der Waals surface area contributed by atoms with Crippen molar-refractivity contribution in [3.8, 4) is 6.07 Å². The van der Waals surface area contributed by atoms with Gasteiger partial charge in [0.1, 0.15) is 0 Å². The van der Waals surface area contributed by atoms with Crippen LogP contribution in [0.3, 0.4) is 0 Å². The molecule has 1 aromatic heterocycles. The molecular weight excluding hydrogens is 281 g/mol. The molecule has 0 saturated carbocycles. The van der Waals surface area contributed by atoms with E-state index in [4.69, 9.17) is 5.26 Å². The SMILES string of the molecule is Cn1c(CC#N)ccc1C(=O)c1ccc(C(F)(F)F)cc1. The molecule has 0 fully saturated rings. The van der Waals surface area contributed by atoms with Crippen molar-refractivity contribution >= 4 is 5.78 Å². The smallest absolute Gasteiger partial charge is 0.344 e. The van der Waals surface area contributed by atoms with E-state index in [-0.39, 0.29) is 17.8 Å². The van der Waals surface area contributed by atoms with Gasteiger partial charge in [0.2, 0.25) is 5.78 Å². The number of carbonyl (C=O) groups excluding carboxylic acids is 1. The Morgan fingerprint density at radius 2 is 1.81 bits per heavy atom. The quantitative estimate of drug-likeness (QED) is 0.814. The molecule has 0 amide bonds. The predicted octanol–water partition coefficient (Wildman–Crippen LogP) is 3.34. The number of alkyl halides is 3. The first-order chi connectivity index (χ1) is 9.84. The van der Waals surface area contributed by atoms with Gasteiger partial charge in [-0.3, -0.25) is 4.79 Å². The first-order valence-corrected chi connectivity index (χ1v) is 6.08. The first kappa shape index (κ1) is 14.9. The molecule has 0 aliphatic rings. The summed E-state index contributed by atoms with van der Waals surface area (Å²) >= 11 is 0. The Kier molecular flexibility index (Phi) is 3.85. The highest BCUT2D eigenvalue weighted by Crippen LogP contribution is 2.29. The molecule has 1 aromatic carbocycles. The number of halogens is 3. The van der Waals surface area contributed by atoms with Gasteiger partial charge < -0.3 is 4.57 Å². The Bertz CT molecular complexity index is 706. The van der Waals surface area contributed by atoms with Crippen LogP contribution >= 0.6 is 0 Å². The highest BCUT2D eigenvalue weighted by molar-refractivity contribution is 6.08. The van der Waals surface area contributed by atoms with Crippen LogP contribution in [0.5, 0.6) is 0 Å². The van der Waals surface area contributed by atoms with E-state index in [1.165, 1.54) is 0 Å². The van der Waals surface area contributed by atoms with E-state index in [2.05, 4.69) is 0 Å². The van der Waals surface area contributed by atoms with Gasteiger partial charge >= 0.3 is 6.18 Å². The Balaban J connectivity index is 2.31. The zero-order valence-electron chi connectivity index (χ0n) is 11.1. The normalized spacial score (nSPS) is 11.2. The van der Waals surface area contributed by atoms with E-state index in [1.54, 1.807) is 23.7 Å². The molecule has 3 nitrogen and oxygen atoms in total. The lowest BCUT2D eigenvalue weighted by Crippen LogP contribution is -2.10. The third-order valence-electron chi connectivity index (χ3n) is 3.19. The highest BCUT2D eigenvalue weighted by atomic mass is 19.4. The molecule has 0 saturated heterocycles. The third-order valence-corrected chi connectivity index (χ3v) is 3.19. The van der Waals surface area contributed by atoms with Crippen LogP contribution in [0, 0.1) is 11.3 Å². The van der Waals surface area contributed by atoms with E-state index in [0.29, 0.717) is 11.4 Å². The Labute approximate surface area is 119 Å². The number of carbonyl (C=O) groups is 1. The largest absolute Gasteiger partial charge is 0.416 e. The van der Waals surface area contributed by atoms with Crippen molar-refractivity contribution in [2.75, 3.05) is 0 Å². The first-order valence-electron chi connectivity index (χ1n) is 6.08. The molecule has 0 aliphatic heterocycles. The molecular formula is C15H11F3N2O. The average molecular weight is 292 g/mol.